The van der Waals surface area contributed by atoms with Gasteiger partial charge in [0.05, 0.1) is 13.7 Å². The highest BCUT2D eigenvalue weighted by Gasteiger charge is 2.22. The van der Waals surface area contributed by atoms with Gasteiger partial charge in [-0.15, -0.1) is 0 Å². The molecule has 0 saturated carbocycles. The fraction of sp³-hybridized carbons (Fsp3) is 0.600. The van der Waals surface area contributed by atoms with Crippen LogP contribution in [0.5, 0.6) is 5.75 Å². The van der Waals surface area contributed by atoms with Gasteiger partial charge in [0.1, 0.15) is 5.75 Å². The molecule has 0 aliphatic carbocycles. The molecule has 0 saturated heterocycles. The van der Waals surface area contributed by atoms with E-state index < -0.39 is 0 Å². The lowest BCUT2D eigenvalue weighted by Crippen LogP contribution is -2.15. The van der Waals surface area contributed by atoms with Crippen LogP contribution in [0.2, 0.25) is 0 Å². The first kappa shape index (κ1) is 21.0. The van der Waals surface area contributed by atoms with E-state index in [9.17, 15) is 14.7 Å². The lowest BCUT2D eigenvalue weighted by Gasteiger charge is -2.24. The third kappa shape index (κ3) is 8.05. The van der Waals surface area contributed by atoms with E-state index in [-0.39, 0.29) is 35.4 Å². The molecule has 0 aliphatic rings. The average Bonchev–Trinajstić information content (AvgIpc) is 2.54. The quantitative estimate of drug-likeness (QED) is 0.645. The van der Waals surface area contributed by atoms with E-state index in [4.69, 9.17) is 9.47 Å². The molecule has 5 nitrogen and oxygen atoms in total. The molecule has 1 aromatic carbocycles. The molecule has 1 aromatic rings. The normalized spacial score (nSPS) is 14.4. The highest BCUT2D eigenvalue weighted by molar-refractivity contribution is 5.69. The second-order valence-corrected chi connectivity index (χ2v) is 6.76. The Bertz CT molecular complexity index is 555. The van der Waals surface area contributed by atoms with E-state index in [0.717, 1.165) is 18.4 Å². The molecule has 140 valence electrons. The van der Waals surface area contributed by atoms with Gasteiger partial charge in [0.25, 0.3) is 0 Å². The summed E-state index contributed by atoms with van der Waals surface area (Å²) in [5.41, 5.74) is 1.02. The maximum absolute atomic E-state index is 11.7. The fourth-order valence-electron chi connectivity index (χ4n) is 3.16. The molecule has 0 heterocycles. The van der Waals surface area contributed by atoms with E-state index >= 15 is 0 Å². The summed E-state index contributed by atoms with van der Waals surface area (Å²) >= 11 is 0. The van der Waals surface area contributed by atoms with Gasteiger partial charge in [-0.3, -0.25) is 9.59 Å². The van der Waals surface area contributed by atoms with E-state index in [1.807, 2.05) is 26.0 Å². The van der Waals surface area contributed by atoms with Crippen LogP contribution >= 0.6 is 0 Å². The van der Waals surface area contributed by atoms with Gasteiger partial charge in [0.15, 0.2) is 0 Å². The minimum absolute atomic E-state index is 0.148. The van der Waals surface area contributed by atoms with Gasteiger partial charge in [-0.2, -0.15) is 0 Å². The molecule has 25 heavy (non-hydrogen) atoms. The number of methoxy groups -OCH3 is 1. The van der Waals surface area contributed by atoms with Crippen LogP contribution in [-0.2, 0) is 19.1 Å². The minimum Gasteiger partial charge on any atom is -0.508 e. The van der Waals surface area contributed by atoms with Crippen LogP contribution in [0.4, 0.5) is 0 Å². The third-order valence-corrected chi connectivity index (χ3v) is 4.28. The zero-order chi connectivity index (χ0) is 18.8. The molecule has 0 aromatic heterocycles. The molecule has 0 radical (unpaired) electrons. The van der Waals surface area contributed by atoms with Gasteiger partial charge in [0, 0.05) is 12.8 Å². The second kappa shape index (κ2) is 10.7. The molecule has 5 heteroatoms. The number of carbonyl (C=O) groups excluding carboxylic acids is 2. The van der Waals surface area contributed by atoms with Crippen molar-refractivity contribution in [2.24, 2.45) is 11.8 Å². The lowest BCUT2D eigenvalue weighted by molar-refractivity contribution is -0.144. The Morgan fingerprint density at radius 1 is 1.08 bits per heavy atom. The van der Waals surface area contributed by atoms with Gasteiger partial charge < -0.3 is 14.6 Å². The van der Waals surface area contributed by atoms with Crippen molar-refractivity contribution in [3.63, 3.8) is 0 Å². The lowest BCUT2D eigenvalue weighted by atomic mass is 9.81. The predicted octanol–water partition coefficient (Wildman–Crippen LogP) is 4.04. The Labute approximate surface area is 150 Å². The monoisotopic (exact) mass is 350 g/mol. The number of hydrogen-bond acceptors (Lipinski definition) is 5. The molecule has 0 bridgehead atoms. The van der Waals surface area contributed by atoms with Crippen molar-refractivity contribution in [2.45, 2.75) is 52.4 Å². The van der Waals surface area contributed by atoms with Crippen molar-refractivity contribution in [3.8, 4) is 5.75 Å². The Morgan fingerprint density at radius 2 is 1.68 bits per heavy atom. The fourth-order valence-corrected chi connectivity index (χ4v) is 3.16. The summed E-state index contributed by atoms with van der Waals surface area (Å²) in [4.78, 5) is 23.2. The molecule has 1 rings (SSSR count). The van der Waals surface area contributed by atoms with Crippen molar-refractivity contribution in [1.82, 2.24) is 0 Å². The number of ether oxygens (including phenoxy) is 2. The Morgan fingerprint density at radius 3 is 2.20 bits per heavy atom. The number of carbonyl (C=O) groups is 2. The molecule has 3 unspecified atom stereocenters. The minimum atomic E-state index is -0.221. The van der Waals surface area contributed by atoms with Crippen molar-refractivity contribution in [3.05, 3.63) is 29.8 Å². The predicted molar refractivity (Wildman–Crippen MR) is 96.3 cm³/mol. The number of aromatic hydroxyl groups is 1. The SMILES string of the molecule is CCOC(=O)CC(C)CC(CC(C)CC(=O)OC)c1cccc(O)c1. The molecule has 0 amide bonds. The van der Waals surface area contributed by atoms with Crippen molar-refractivity contribution < 1.29 is 24.2 Å². The molecule has 3 atom stereocenters. The third-order valence-electron chi connectivity index (χ3n) is 4.28. The van der Waals surface area contributed by atoms with Crippen molar-refractivity contribution in [2.75, 3.05) is 13.7 Å². The average molecular weight is 350 g/mol. The maximum atomic E-state index is 11.7. The molecule has 0 fully saturated rings. The van der Waals surface area contributed by atoms with E-state index in [0.29, 0.717) is 19.4 Å². The van der Waals surface area contributed by atoms with Crippen LogP contribution in [-0.4, -0.2) is 30.8 Å². The second-order valence-electron chi connectivity index (χ2n) is 6.76. The van der Waals surface area contributed by atoms with Gasteiger partial charge in [0.2, 0.25) is 0 Å². The number of rotatable bonds is 10. The first-order valence-electron chi connectivity index (χ1n) is 8.87. The highest BCUT2D eigenvalue weighted by atomic mass is 16.5. The zero-order valence-corrected chi connectivity index (χ0v) is 15.7. The topological polar surface area (TPSA) is 72.8 Å². The van der Waals surface area contributed by atoms with Crippen LogP contribution in [0.1, 0.15) is 57.9 Å². The number of phenols is 1. The summed E-state index contributed by atoms with van der Waals surface area (Å²) in [6, 6.07) is 7.19. The van der Waals surface area contributed by atoms with Crippen LogP contribution < -0.4 is 0 Å². The van der Waals surface area contributed by atoms with E-state index in [2.05, 4.69) is 0 Å². The highest BCUT2D eigenvalue weighted by Crippen LogP contribution is 2.33. The van der Waals surface area contributed by atoms with Gasteiger partial charge in [-0.1, -0.05) is 26.0 Å². The molecular formula is C20H30O5. The van der Waals surface area contributed by atoms with Gasteiger partial charge in [-0.25, -0.2) is 0 Å². The van der Waals surface area contributed by atoms with Gasteiger partial charge >= 0.3 is 11.9 Å². The summed E-state index contributed by atoms with van der Waals surface area (Å²) in [5.74, 6) is 0.262. The van der Waals surface area contributed by atoms with Crippen molar-refractivity contribution >= 4 is 11.9 Å². The van der Waals surface area contributed by atoms with Crippen molar-refractivity contribution in [1.29, 1.82) is 0 Å². The van der Waals surface area contributed by atoms with E-state index in [1.165, 1.54) is 7.11 Å². The Hall–Kier alpha value is -2.04. The zero-order valence-electron chi connectivity index (χ0n) is 15.7. The van der Waals surface area contributed by atoms with Gasteiger partial charge in [-0.05, 0) is 55.2 Å². The van der Waals surface area contributed by atoms with E-state index in [1.54, 1.807) is 19.1 Å². The van der Waals surface area contributed by atoms with Crippen LogP contribution in [0.15, 0.2) is 24.3 Å². The number of esters is 2. The number of benzene rings is 1. The molecule has 0 spiro atoms. The van der Waals surface area contributed by atoms with Crippen LogP contribution in [0, 0.1) is 11.8 Å². The number of phenolic OH excluding ortho intramolecular Hbond substituents is 1. The smallest absolute Gasteiger partial charge is 0.306 e. The molecular weight excluding hydrogens is 320 g/mol. The van der Waals surface area contributed by atoms with Crippen LogP contribution in [0.25, 0.3) is 0 Å². The largest absolute Gasteiger partial charge is 0.508 e. The maximum Gasteiger partial charge on any atom is 0.306 e. The van der Waals surface area contributed by atoms with Crippen LogP contribution in [0.3, 0.4) is 0 Å². The summed E-state index contributed by atoms with van der Waals surface area (Å²) in [5, 5.41) is 9.78. The summed E-state index contributed by atoms with van der Waals surface area (Å²) in [6.45, 7) is 6.23. The standard InChI is InChI=1S/C20H30O5/c1-5-25-20(23)12-15(3)10-17(9-14(2)11-19(22)24-4)16-7-6-8-18(21)13-16/h6-8,13-15,17,21H,5,9-12H2,1-4H3. The Balaban J connectivity index is 2.80. The first-order chi connectivity index (χ1) is 11.8. The Kier molecular flexibility index (Phi) is 9.03. The number of hydrogen-bond donors (Lipinski definition) is 1. The molecule has 0 aliphatic heterocycles. The summed E-state index contributed by atoms with van der Waals surface area (Å²) < 4.78 is 9.77. The summed E-state index contributed by atoms with van der Waals surface area (Å²) in [6.07, 6.45) is 2.30. The summed E-state index contributed by atoms with van der Waals surface area (Å²) in [7, 11) is 1.39. The first-order valence-corrected chi connectivity index (χ1v) is 8.87. The molecule has 1 N–H and O–H groups in total.